The number of aliphatic imine (C=N–C) groups is 1. The molecule has 0 aromatic carbocycles. The molecule has 0 saturated heterocycles. The van der Waals surface area contributed by atoms with Gasteiger partial charge in [0.05, 0.1) is 18.5 Å². The zero-order valence-electron chi connectivity index (χ0n) is 9.58. The molecule has 0 aliphatic carbocycles. The minimum Gasteiger partial charge on any atom is -0.343 e. The molecule has 0 fully saturated rings. The van der Waals surface area contributed by atoms with E-state index in [1.54, 1.807) is 0 Å². The summed E-state index contributed by atoms with van der Waals surface area (Å²) in [5.74, 6) is 0. The van der Waals surface area contributed by atoms with Crippen molar-refractivity contribution in [3.05, 3.63) is 25.3 Å². The van der Waals surface area contributed by atoms with Gasteiger partial charge in [0.15, 0.2) is 0 Å². The lowest BCUT2D eigenvalue weighted by molar-refractivity contribution is 0.158. The lowest BCUT2D eigenvalue weighted by Crippen LogP contribution is -2.55. The van der Waals surface area contributed by atoms with Crippen molar-refractivity contribution in [1.82, 2.24) is 10.2 Å². The van der Waals surface area contributed by atoms with Gasteiger partial charge in [0.1, 0.15) is 0 Å². The van der Waals surface area contributed by atoms with E-state index in [1.807, 2.05) is 18.5 Å². The molecule has 1 unspecified atom stereocenters. The predicted octanol–water partition coefficient (Wildman–Crippen LogP) is 1.79. The monoisotopic (exact) mass is 207 g/mol. The number of allylic oxidation sites excluding steroid dienone is 1. The molecule has 84 valence electrons. The van der Waals surface area contributed by atoms with Gasteiger partial charge in [0, 0.05) is 13.1 Å². The lowest BCUT2D eigenvalue weighted by atomic mass is 10.0. The van der Waals surface area contributed by atoms with E-state index in [-0.39, 0.29) is 5.66 Å². The Bertz CT molecular complexity index is 233. The van der Waals surface area contributed by atoms with E-state index in [0.717, 1.165) is 32.5 Å². The molecule has 0 amide bonds. The smallest absolute Gasteiger partial charge is 0.0893 e. The third kappa shape index (κ3) is 3.20. The fraction of sp³-hybridized carbons (Fsp3) is 0.583. The van der Waals surface area contributed by atoms with Gasteiger partial charge in [-0.15, -0.1) is 13.2 Å². The van der Waals surface area contributed by atoms with Gasteiger partial charge >= 0.3 is 0 Å². The second-order valence-electron chi connectivity index (χ2n) is 3.99. The van der Waals surface area contributed by atoms with Crippen LogP contribution in [0.25, 0.3) is 0 Å². The highest BCUT2D eigenvalue weighted by Gasteiger charge is 2.29. The third-order valence-electron chi connectivity index (χ3n) is 2.79. The first-order valence-electron chi connectivity index (χ1n) is 5.46. The van der Waals surface area contributed by atoms with Crippen LogP contribution in [0.4, 0.5) is 0 Å². The first kappa shape index (κ1) is 12.0. The van der Waals surface area contributed by atoms with Crippen LogP contribution in [0.1, 0.15) is 19.8 Å². The van der Waals surface area contributed by atoms with Crippen molar-refractivity contribution in [1.29, 1.82) is 0 Å². The Hall–Kier alpha value is -1.09. The number of hydrogen-bond acceptors (Lipinski definition) is 3. The topological polar surface area (TPSA) is 27.6 Å². The third-order valence-corrected chi connectivity index (χ3v) is 2.79. The molecule has 0 bridgehead atoms. The van der Waals surface area contributed by atoms with Crippen LogP contribution in [0.3, 0.4) is 0 Å². The first-order valence-corrected chi connectivity index (χ1v) is 5.46. The second kappa shape index (κ2) is 5.71. The molecular formula is C12H21N3. The van der Waals surface area contributed by atoms with Crippen molar-refractivity contribution in [3.8, 4) is 0 Å². The Labute approximate surface area is 92.6 Å². The summed E-state index contributed by atoms with van der Waals surface area (Å²) < 4.78 is 0. The van der Waals surface area contributed by atoms with Crippen LogP contribution >= 0.6 is 0 Å². The molecule has 0 radical (unpaired) electrons. The Balaban J connectivity index is 2.60. The van der Waals surface area contributed by atoms with Crippen molar-refractivity contribution in [3.63, 3.8) is 0 Å². The zero-order valence-corrected chi connectivity index (χ0v) is 9.58. The molecule has 0 spiro atoms. The van der Waals surface area contributed by atoms with E-state index in [0.29, 0.717) is 0 Å². The lowest BCUT2D eigenvalue weighted by Gasteiger charge is -2.39. The summed E-state index contributed by atoms with van der Waals surface area (Å²) in [6.45, 7) is 12.4. The van der Waals surface area contributed by atoms with Crippen LogP contribution < -0.4 is 5.32 Å². The summed E-state index contributed by atoms with van der Waals surface area (Å²) in [5, 5.41) is 3.49. The molecule has 1 rings (SSSR count). The summed E-state index contributed by atoms with van der Waals surface area (Å²) in [4.78, 5) is 6.52. The molecular weight excluding hydrogens is 186 g/mol. The Kier molecular flexibility index (Phi) is 4.56. The van der Waals surface area contributed by atoms with Gasteiger partial charge in [-0.3, -0.25) is 10.3 Å². The minimum absolute atomic E-state index is 0.0254. The van der Waals surface area contributed by atoms with Crippen molar-refractivity contribution >= 4 is 6.34 Å². The molecule has 1 N–H and O–H groups in total. The van der Waals surface area contributed by atoms with Crippen molar-refractivity contribution in [2.24, 2.45) is 4.99 Å². The molecule has 15 heavy (non-hydrogen) atoms. The van der Waals surface area contributed by atoms with Crippen molar-refractivity contribution in [2.45, 2.75) is 25.4 Å². The number of rotatable bonds is 7. The molecule has 0 aromatic rings. The SMILES string of the molecule is C=CCCC(C)(NCC=C)N1C=NCC1. The molecule has 1 atom stereocenters. The summed E-state index contributed by atoms with van der Waals surface area (Å²) in [6, 6.07) is 0. The van der Waals surface area contributed by atoms with Crippen molar-refractivity contribution < 1.29 is 0 Å². The average Bonchev–Trinajstić information content (AvgIpc) is 2.77. The molecule has 0 saturated carbocycles. The van der Waals surface area contributed by atoms with Crippen LogP contribution in [0.2, 0.25) is 0 Å². The van der Waals surface area contributed by atoms with Gasteiger partial charge < -0.3 is 4.90 Å². The molecule has 3 nitrogen and oxygen atoms in total. The fourth-order valence-electron chi connectivity index (χ4n) is 1.76. The standard InChI is InChI=1S/C12H21N3/c1-4-6-7-12(3,14-8-5-2)15-10-9-13-11-15/h4-5,11,14H,1-2,6-10H2,3H3. The Morgan fingerprint density at radius 3 is 2.87 bits per heavy atom. The van der Waals surface area contributed by atoms with Gasteiger partial charge in [0.2, 0.25) is 0 Å². The number of nitrogens with one attached hydrogen (secondary N) is 1. The van der Waals surface area contributed by atoms with Crippen LogP contribution in [0.5, 0.6) is 0 Å². The van der Waals surface area contributed by atoms with Gasteiger partial charge in [-0.25, -0.2) is 0 Å². The number of hydrogen-bond donors (Lipinski definition) is 1. The van der Waals surface area contributed by atoms with E-state index >= 15 is 0 Å². The maximum Gasteiger partial charge on any atom is 0.0893 e. The van der Waals surface area contributed by atoms with E-state index in [1.165, 1.54) is 0 Å². The van der Waals surface area contributed by atoms with Gasteiger partial charge in [0.25, 0.3) is 0 Å². The summed E-state index contributed by atoms with van der Waals surface area (Å²) in [5.41, 5.74) is -0.0254. The van der Waals surface area contributed by atoms with Crippen LogP contribution in [0, 0.1) is 0 Å². The number of nitrogens with zero attached hydrogens (tertiary/aromatic N) is 2. The highest BCUT2D eigenvalue weighted by Crippen LogP contribution is 2.18. The second-order valence-corrected chi connectivity index (χ2v) is 3.99. The largest absolute Gasteiger partial charge is 0.343 e. The zero-order chi connectivity index (χ0) is 11.1. The first-order chi connectivity index (χ1) is 7.23. The maximum absolute atomic E-state index is 4.26. The fourth-order valence-corrected chi connectivity index (χ4v) is 1.76. The molecule has 1 aliphatic heterocycles. The van der Waals surface area contributed by atoms with E-state index in [2.05, 4.69) is 35.3 Å². The van der Waals surface area contributed by atoms with Gasteiger partial charge in [-0.1, -0.05) is 12.2 Å². The highest BCUT2D eigenvalue weighted by molar-refractivity contribution is 5.58. The van der Waals surface area contributed by atoms with Crippen LogP contribution in [-0.2, 0) is 0 Å². The molecule has 1 heterocycles. The average molecular weight is 207 g/mol. The van der Waals surface area contributed by atoms with E-state index in [9.17, 15) is 0 Å². The van der Waals surface area contributed by atoms with Crippen LogP contribution in [-0.4, -0.2) is 36.5 Å². The van der Waals surface area contributed by atoms with Crippen LogP contribution in [0.15, 0.2) is 30.3 Å². The quantitative estimate of drug-likeness (QED) is 0.644. The van der Waals surface area contributed by atoms with Gasteiger partial charge in [-0.05, 0) is 19.8 Å². The van der Waals surface area contributed by atoms with Crippen molar-refractivity contribution in [2.75, 3.05) is 19.6 Å². The highest BCUT2D eigenvalue weighted by atomic mass is 15.3. The summed E-state index contributed by atoms with van der Waals surface area (Å²) >= 11 is 0. The Morgan fingerprint density at radius 2 is 2.33 bits per heavy atom. The summed E-state index contributed by atoms with van der Waals surface area (Å²) in [6.07, 6.45) is 7.83. The molecule has 3 heteroatoms. The maximum atomic E-state index is 4.26. The minimum atomic E-state index is -0.0254. The molecule has 1 aliphatic rings. The van der Waals surface area contributed by atoms with E-state index < -0.39 is 0 Å². The molecule has 0 aromatic heterocycles. The summed E-state index contributed by atoms with van der Waals surface area (Å²) in [7, 11) is 0. The van der Waals surface area contributed by atoms with Gasteiger partial charge in [-0.2, -0.15) is 0 Å². The Morgan fingerprint density at radius 1 is 1.53 bits per heavy atom. The predicted molar refractivity (Wildman–Crippen MR) is 66.1 cm³/mol. The van der Waals surface area contributed by atoms with E-state index in [4.69, 9.17) is 0 Å². The normalized spacial score (nSPS) is 18.9.